The number of fused-ring (bicyclic) bond motifs is 1. The summed E-state index contributed by atoms with van der Waals surface area (Å²) in [5, 5.41) is 2.73. The molecule has 0 fully saturated rings. The number of benzene rings is 2. The first kappa shape index (κ1) is 16.6. The second kappa shape index (κ2) is 7.09. The van der Waals surface area contributed by atoms with Gasteiger partial charge in [0, 0.05) is 24.1 Å². The van der Waals surface area contributed by atoms with Gasteiger partial charge in [-0.25, -0.2) is 4.98 Å². The van der Waals surface area contributed by atoms with Gasteiger partial charge in [0.05, 0.1) is 11.0 Å². The zero-order chi connectivity index (χ0) is 17.8. The normalized spacial score (nSPS) is 10.6. The highest BCUT2D eigenvalue weighted by molar-refractivity contribution is 5.97. The molecule has 0 saturated heterocycles. The predicted molar refractivity (Wildman–Crippen MR) is 95.8 cm³/mol. The molecule has 1 aromatic heterocycles. The summed E-state index contributed by atoms with van der Waals surface area (Å²) in [7, 11) is 0. The fraction of sp³-hybridized carbons (Fsp3) is 0.158. The molecule has 0 radical (unpaired) electrons. The summed E-state index contributed by atoms with van der Waals surface area (Å²) in [6.07, 6.45) is 0.358. The fourth-order valence-corrected chi connectivity index (χ4v) is 2.51. The minimum absolute atomic E-state index is 0.0667. The van der Waals surface area contributed by atoms with Crippen molar-refractivity contribution in [2.75, 3.05) is 5.32 Å². The summed E-state index contributed by atoms with van der Waals surface area (Å²) < 4.78 is 0. The van der Waals surface area contributed by atoms with Gasteiger partial charge in [-0.2, -0.15) is 0 Å². The molecule has 6 nitrogen and oxygen atoms in total. The van der Waals surface area contributed by atoms with Crippen LogP contribution in [0.15, 0.2) is 53.3 Å². The number of Topliss-reactive ketones (excluding diaryl/α,β-unsaturated/α-hetero) is 1. The Morgan fingerprint density at radius 1 is 1.12 bits per heavy atom. The first-order chi connectivity index (χ1) is 12.0. The molecule has 1 heterocycles. The van der Waals surface area contributed by atoms with Crippen LogP contribution in [0.5, 0.6) is 0 Å². The minimum Gasteiger partial charge on any atom is -0.326 e. The fourth-order valence-electron chi connectivity index (χ4n) is 2.51. The quantitative estimate of drug-likeness (QED) is 0.701. The predicted octanol–water partition coefficient (Wildman–Crippen LogP) is 2.70. The Morgan fingerprint density at radius 2 is 1.92 bits per heavy atom. The molecule has 2 aromatic carbocycles. The van der Waals surface area contributed by atoms with Crippen LogP contribution in [0.3, 0.4) is 0 Å². The molecule has 0 saturated carbocycles. The molecule has 3 aromatic rings. The van der Waals surface area contributed by atoms with Crippen molar-refractivity contribution in [2.24, 2.45) is 0 Å². The van der Waals surface area contributed by atoms with Gasteiger partial charge in [0.15, 0.2) is 5.78 Å². The number of hydrogen-bond acceptors (Lipinski definition) is 4. The van der Waals surface area contributed by atoms with Crippen LogP contribution in [-0.4, -0.2) is 21.7 Å². The highest BCUT2D eigenvalue weighted by atomic mass is 16.1. The number of aromatic nitrogens is 2. The molecule has 0 atom stereocenters. The molecule has 126 valence electrons. The Balaban J connectivity index is 1.68. The number of amides is 1. The third kappa shape index (κ3) is 3.98. The lowest BCUT2D eigenvalue weighted by Gasteiger charge is -2.06. The lowest BCUT2D eigenvalue weighted by molar-refractivity contribution is -0.116. The van der Waals surface area contributed by atoms with Gasteiger partial charge in [-0.15, -0.1) is 0 Å². The highest BCUT2D eigenvalue weighted by Crippen LogP contribution is 2.12. The van der Waals surface area contributed by atoms with Crippen molar-refractivity contribution in [2.45, 2.75) is 19.8 Å². The number of nitrogens with one attached hydrogen (secondary N) is 2. The zero-order valence-corrected chi connectivity index (χ0v) is 13.7. The van der Waals surface area contributed by atoms with Crippen molar-refractivity contribution in [3.05, 3.63) is 70.1 Å². The number of aromatic amines is 1. The summed E-state index contributed by atoms with van der Waals surface area (Å²) in [5.74, 6) is -0.307. The number of ketones is 1. The van der Waals surface area contributed by atoms with Gasteiger partial charge in [-0.05, 0) is 31.2 Å². The maximum atomic E-state index is 12.1. The topological polar surface area (TPSA) is 91.9 Å². The minimum atomic E-state index is -0.287. The van der Waals surface area contributed by atoms with E-state index in [4.69, 9.17) is 0 Å². The highest BCUT2D eigenvalue weighted by Gasteiger charge is 2.09. The number of aryl methyl sites for hydroxylation is 1. The lowest BCUT2D eigenvalue weighted by atomic mass is 10.1. The summed E-state index contributed by atoms with van der Waals surface area (Å²) in [6, 6.07) is 14.0. The molecule has 1 amide bonds. The molecule has 0 aliphatic heterocycles. The molecule has 0 spiro atoms. The third-order valence-electron chi connectivity index (χ3n) is 3.81. The largest absolute Gasteiger partial charge is 0.326 e. The monoisotopic (exact) mass is 335 g/mol. The Bertz CT molecular complexity index is 1010. The Morgan fingerprint density at radius 3 is 2.72 bits per heavy atom. The first-order valence-corrected chi connectivity index (χ1v) is 7.92. The third-order valence-corrected chi connectivity index (χ3v) is 3.81. The molecule has 25 heavy (non-hydrogen) atoms. The van der Waals surface area contributed by atoms with Crippen LogP contribution in [-0.2, 0) is 11.2 Å². The molecule has 3 rings (SSSR count). The van der Waals surface area contributed by atoms with E-state index in [1.807, 2.05) is 18.2 Å². The smallest absolute Gasteiger partial charge is 0.270 e. The zero-order valence-electron chi connectivity index (χ0n) is 13.7. The number of nitrogens with zero attached hydrogens (tertiary/aromatic N) is 1. The van der Waals surface area contributed by atoms with Gasteiger partial charge >= 0.3 is 0 Å². The SMILES string of the molecule is CC(=O)c1cccc(NC(=O)CCc2nc3ccccc3[nH]c2=O)c1. The first-order valence-electron chi connectivity index (χ1n) is 7.92. The van der Waals surface area contributed by atoms with Crippen LogP contribution in [0.25, 0.3) is 11.0 Å². The van der Waals surface area contributed by atoms with Gasteiger partial charge in [-0.3, -0.25) is 14.4 Å². The van der Waals surface area contributed by atoms with Crippen molar-refractivity contribution >= 4 is 28.4 Å². The van der Waals surface area contributed by atoms with Crippen LogP contribution in [0, 0.1) is 0 Å². The van der Waals surface area contributed by atoms with E-state index in [0.29, 0.717) is 28.0 Å². The molecular formula is C19H17N3O3. The van der Waals surface area contributed by atoms with E-state index in [9.17, 15) is 14.4 Å². The van der Waals surface area contributed by atoms with E-state index in [0.717, 1.165) is 0 Å². The van der Waals surface area contributed by atoms with Gasteiger partial charge < -0.3 is 10.3 Å². The number of carbonyl (C=O) groups excluding carboxylic acids is 2. The van der Waals surface area contributed by atoms with E-state index in [1.54, 1.807) is 30.3 Å². The number of H-pyrrole nitrogens is 1. The standard InChI is InChI=1S/C19H17N3O3/c1-12(23)13-5-4-6-14(11-13)20-18(24)10-9-17-19(25)22-16-8-3-2-7-15(16)21-17/h2-8,11H,9-10H2,1H3,(H,20,24)(H,22,25). The number of rotatable bonds is 5. The lowest BCUT2D eigenvalue weighted by Crippen LogP contribution is -2.19. The molecule has 6 heteroatoms. The van der Waals surface area contributed by atoms with Crippen LogP contribution in [0.4, 0.5) is 5.69 Å². The van der Waals surface area contributed by atoms with E-state index >= 15 is 0 Å². The average Bonchev–Trinajstić information content (AvgIpc) is 2.60. The van der Waals surface area contributed by atoms with Gasteiger partial charge in [0.25, 0.3) is 5.56 Å². The van der Waals surface area contributed by atoms with Crippen molar-refractivity contribution in [3.63, 3.8) is 0 Å². The number of para-hydroxylation sites is 2. The molecule has 0 aliphatic carbocycles. The van der Waals surface area contributed by atoms with Crippen molar-refractivity contribution in [1.29, 1.82) is 0 Å². The van der Waals surface area contributed by atoms with Crippen LogP contribution in [0.2, 0.25) is 0 Å². The second-order valence-corrected chi connectivity index (χ2v) is 5.71. The summed E-state index contributed by atoms with van der Waals surface area (Å²) >= 11 is 0. The van der Waals surface area contributed by atoms with Crippen molar-refractivity contribution in [1.82, 2.24) is 9.97 Å². The molecule has 0 aliphatic rings. The van der Waals surface area contributed by atoms with Crippen LogP contribution >= 0.6 is 0 Å². The maximum absolute atomic E-state index is 12.1. The Hall–Kier alpha value is -3.28. The number of carbonyl (C=O) groups is 2. The van der Waals surface area contributed by atoms with Gasteiger partial charge in [0.1, 0.15) is 5.69 Å². The summed E-state index contributed by atoms with van der Waals surface area (Å²) in [6.45, 7) is 1.47. The van der Waals surface area contributed by atoms with Gasteiger partial charge in [0.2, 0.25) is 5.91 Å². The maximum Gasteiger partial charge on any atom is 0.270 e. The number of anilines is 1. The molecule has 0 bridgehead atoms. The average molecular weight is 335 g/mol. The van der Waals surface area contributed by atoms with Crippen molar-refractivity contribution in [3.8, 4) is 0 Å². The second-order valence-electron chi connectivity index (χ2n) is 5.71. The van der Waals surface area contributed by atoms with Gasteiger partial charge in [-0.1, -0.05) is 24.3 Å². The molecular weight excluding hydrogens is 318 g/mol. The van der Waals surface area contributed by atoms with E-state index in [1.165, 1.54) is 6.92 Å². The van der Waals surface area contributed by atoms with E-state index in [-0.39, 0.29) is 30.1 Å². The van der Waals surface area contributed by atoms with E-state index in [2.05, 4.69) is 15.3 Å². The van der Waals surface area contributed by atoms with Crippen LogP contribution in [0.1, 0.15) is 29.4 Å². The Labute approximate surface area is 143 Å². The molecule has 0 unspecified atom stereocenters. The van der Waals surface area contributed by atoms with Crippen molar-refractivity contribution < 1.29 is 9.59 Å². The Kier molecular flexibility index (Phi) is 4.70. The number of hydrogen-bond donors (Lipinski definition) is 2. The van der Waals surface area contributed by atoms with E-state index < -0.39 is 0 Å². The molecule has 2 N–H and O–H groups in total. The summed E-state index contributed by atoms with van der Waals surface area (Å²) in [5.41, 5.74) is 2.48. The van der Waals surface area contributed by atoms with Crippen LogP contribution < -0.4 is 10.9 Å². The summed E-state index contributed by atoms with van der Waals surface area (Å²) in [4.78, 5) is 42.6.